The molecule has 0 aliphatic heterocycles. The van der Waals surface area contributed by atoms with E-state index in [-0.39, 0.29) is 4.83 Å². The van der Waals surface area contributed by atoms with Gasteiger partial charge in [0.05, 0.1) is 20.3 Å². The van der Waals surface area contributed by atoms with Crippen LogP contribution in [0.4, 0.5) is 0 Å². The topological polar surface area (TPSA) is 38.7 Å². The van der Waals surface area contributed by atoms with Gasteiger partial charge in [0, 0.05) is 10.4 Å². The van der Waals surface area contributed by atoms with Crippen LogP contribution in [0.15, 0.2) is 12.1 Å². The molecule has 0 amide bonds. The first-order chi connectivity index (χ1) is 7.69. The molecule has 0 fully saturated rings. The molecular weight excluding hydrogens is 272 g/mol. The highest BCUT2D eigenvalue weighted by atomic mass is 79.9. The Labute approximate surface area is 104 Å². The van der Waals surface area contributed by atoms with Gasteiger partial charge in [-0.1, -0.05) is 22.0 Å². The van der Waals surface area contributed by atoms with Crippen molar-refractivity contribution in [2.75, 3.05) is 14.2 Å². The number of alkyl halides is 1. The van der Waals surface area contributed by atoms with E-state index in [1.807, 2.05) is 12.1 Å². The maximum atomic E-state index is 10.1. The summed E-state index contributed by atoms with van der Waals surface area (Å²) in [6.45, 7) is 0. The summed E-state index contributed by atoms with van der Waals surface area (Å²) in [7, 11) is 3.25. The molecule has 1 aliphatic carbocycles. The molecule has 0 spiro atoms. The maximum Gasteiger partial charge on any atom is 0.164 e. The van der Waals surface area contributed by atoms with Crippen molar-refractivity contribution >= 4 is 15.9 Å². The largest absolute Gasteiger partial charge is 0.493 e. The SMILES string of the molecule is COc1ccc2c(c1OC)CCC(Br)C2O. The van der Waals surface area contributed by atoms with Crippen molar-refractivity contribution in [2.24, 2.45) is 0 Å². The molecule has 88 valence electrons. The van der Waals surface area contributed by atoms with Crippen LogP contribution in [-0.4, -0.2) is 24.2 Å². The summed E-state index contributed by atoms with van der Waals surface area (Å²) in [6.07, 6.45) is 1.32. The number of halogens is 1. The van der Waals surface area contributed by atoms with Crippen LogP contribution in [-0.2, 0) is 6.42 Å². The van der Waals surface area contributed by atoms with Gasteiger partial charge in [0.1, 0.15) is 0 Å². The Bertz CT molecular complexity index is 392. The molecule has 2 unspecified atom stereocenters. The van der Waals surface area contributed by atoms with Crippen LogP contribution >= 0.6 is 15.9 Å². The average Bonchev–Trinajstić information content (AvgIpc) is 2.32. The fourth-order valence-electron chi connectivity index (χ4n) is 2.18. The summed E-state index contributed by atoms with van der Waals surface area (Å²) in [5.41, 5.74) is 2.00. The van der Waals surface area contributed by atoms with Crippen LogP contribution in [0.3, 0.4) is 0 Å². The first-order valence-corrected chi connectivity index (χ1v) is 6.16. The molecule has 3 nitrogen and oxygen atoms in total. The first-order valence-electron chi connectivity index (χ1n) is 5.25. The highest BCUT2D eigenvalue weighted by Crippen LogP contribution is 2.42. The highest BCUT2D eigenvalue weighted by Gasteiger charge is 2.29. The summed E-state index contributed by atoms with van der Waals surface area (Å²) in [4.78, 5) is 0.123. The Balaban J connectivity index is 2.52. The van der Waals surface area contributed by atoms with Gasteiger partial charge in [0.25, 0.3) is 0 Å². The van der Waals surface area contributed by atoms with Crippen LogP contribution in [0.2, 0.25) is 0 Å². The molecule has 1 aromatic rings. The lowest BCUT2D eigenvalue weighted by Crippen LogP contribution is -2.20. The zero-order chi connectivity index (χ0) is 11.7. The van der Waals surface area contributed by atoms with E-state index in [0.29, 0.717) is 0 Å². The van der Waals surface area contributed by atoms with Crippen molar-refractivity contribution < 1.29 is 14.6 Å². The zero-order valence-corrected chi connectivity index (χ0v) is 11.0. The summed E-state index contributed by atoms with van der Waals surface area (Å²) >= 11 is 3.48. The molecule has 16 heavy (non-hydrogen) atoms. The van der Waals surface area contributed by atoms with Crippen molar-refractivity contribution in [1.82, 2.24) is 0 Å². The molecule has 0 saturated heterocycles. The van der Waals surface area contributed by atoms with Gasteiger partial charge < -0.3 is 14.6 Å². The second-order valence-electron chi connectivity index (χ2n) is 3.87. The smallest absolute Gasteiger partial charge is 0.164 e. The lowest BCUT2D eigenvalue weighted by molar-refractivity contribution is 0.164. The minimum absolute atomic E-state index is 0.123. The monoisotopic (exact) mass is 286 g/mol. The Morgan fingerprint density at radius 1 is 1.31 bits per heavy atom. The molecule has 1 aliphatic rings. The zero-order valence-electron chi connectivity index (χ0n) is 9.37. The van der Waals surface area contributed by atoms with E-state index in [4.69, 9.17) is 9.47 Å². The molecule has 0 bridgehead atoms. The number of benzene rings is 1. The van der Waals surface area contributed by atoms with Crippen molar-refractivity contribution in [3.05, 3.63) is 23.3 Å². The molecule has 4 heteroatoms. The molecule has 2 atom stereocenters. The first kappa shape index (κ1) is 11.7. The third kappa shape index (κ3) is 1.80. The number of rotatable bonds is 2. The highest BCUT2D eigenvalue weighted by molar-refractivity contribution is 9.09. The minimum atomic E-state index is -0.469. The second kappa shape index (κ2) is 4.63. The van der Waals surface area contributed by atoms with E-state index >= 15 is 0 Å². The van der Waals surface area contributed by atoms with Gasteiger partial charge in [-0.3, -0.25) is 0 Å². The van der Waals surface area contributed by atoms with E-state index in [9.17, 15) is 5.11 Å². The predicted molar refractivity (Wildman–Crippen MR) is 65.5 cm³/mol. The third-order valence-electron chi connectivity index (χ3n) is 3.02. The lowest BCUT2D eigenvalue weighted by Gasteiger charge is -2.28. The van der Waals surface area contributed by atoms with Crippen LogP contribution in [0.1, 0.15) is 23.7 Å². The Hall–Kier alpha value is -0.740. The van der Waals surface area contributed by atoms with Gasteiger partial charge in [-0.15, -0.1) is 0 Å². The predicted octanol–water partition coefficient (Wildman–Crippen LogP) is 2.45. The third-order valence-corrected chi connectivity index (χ3v) is 3.97. The minimum Gasteiger partial charge on any atom is -0.493 e. The summed E-state index contributed by atoms with van der Waals surface area (Å²) in [6, 6.07) is 3.75. The van der Waals surface area contributed by atoms with Crippen LogP contribution in [0.25, 0.3) is 0 Å². The number of hydrogen-bond donors (Lipinski definition) is 1. The lowest BCUT2D eigenvalue weighted by atomic mass is 9.88. The number of ether oxygens (including phenoxy) is 2. The van der Waals surface area contributed by atoms with Crippen LogP contribution < -0.4 is 9.47 Å². The molecule has 0 saturated carbocycles. The molecule has 2 rings (SSSR count). The number of hydrogen-bond acceptors (Lipinski definition) is 3. The van der Waals surface area contributed by atoms with Gasteiger partial charge in [0.2, 0.25) is 0 Å². The van der Waals surface area contributed by atoms with Gasteiger partial charge in [-0.2, -0.15) is 0 Å². The average molecular weight is 287 g/mol. The van der Waals surface area contributed by atoms with Gasteiger partial charge in [-0.05, 0) is 24.5 Å². The Kier molecular flexibility index (Phi) is 3.40. The van der Waals surface area contributed by atoms with Gasteiger partial charge in [0.15, 0.2) is 11.5 Å². The number of aliphatic hydroxyl groups is 1. The Morgan fingerprint density at radius 2 is 2.06 bits per heavy atom. The van der Waals surface area contributed by atoms with Gasteiger partial charge in [-0.25, -0.2) is 0 Å². The van der Waals surface area contributed by atoms with Crippen LogP contribution in [0.5, 0.6) is 11.5 Å². The standard InChI is InChI=1S/C12H15BrO3/c1-15-10-6-4-7-8(12(10)16-2)3-5-9(13)11(7)14/h4,6,9,11,14H,3,5H2,1-2H3. The number of aliphatic hydroxyl groups excluding tert-OH is 1. The fraction of sp³-hybridized carbons (Fsp3) is 0.500. The quantitative estimate of drug-likeness (QED) is 0.849. The van der Waals surface area contributed by atoms with Crippen LogP contribution in [0, 0.1) is 0 Å². The molecule has 1 N–H and O–H groups in total. The van der Waals surface area contributed by atoms with Crippen molar-refractivity contribution in [2.45, 2.75) is 23.8 Å². The van der Waals surface area contributed by atoms with E-state index in [1.54, 1.807) is 14.2 Å². The number of methoxy groups -OCH3 is 2. The molecule has 1 aromatic carbocycles. The summed E-state index contributed by atoms with van der Waals surface area (Å²) in [5, 5.41) is 10.1. The molecular formula is C12H15BrO3. The Morgan fingerprint density at radius 3 is 2.69 bits per heavy atom. The van der Waals surface area contributed by atoms with E-state index in [2.05, 4.69) is 15.9 Å². The van der Waals surface area contributed by atoms with E-state index in [0.717, 1.165) is 35.5 Å². The number of fused-ring (bicyclic) bond motifs is 1. The van der Waals surface area contributed by atoms with E-state index < -0.39 is 6.10 Å². The normalized spacial score (nSPS) is 23.8. The van der Waals surface area contributed by atoms with Crippen molar-refractivity contribution in [1.29, 1.82) is 0 Å². The fourth-order valence-corrected chi connectivity index (χ4v) is 2.69. The second-order valence-corrected chi connectivity index (χ2v) is 5.04. The van der Waals surface area contributed by atoms with Crippen molar-refractivity contribution in [3.8, 4) is 11.5 Å². The molecule has 0 radical (unpaired) electrons. The summed E-state index contributed by atoms with van der Waals surface area (Å²) in [5.74, 6) is 1.47. The summed E-state index contributed by atoms with van der Waals surface area (Å²) < 4.78 is 10.6. The van der Waals surface area contributed by atoms with Gasteiger partial charge >= 0.3 is 0 Å². The van der Waals surface area contributed by atoms with Crippen molar-refractivity contribution in [3.63, 3.8) is 0 Å². The van der Waals surface area contributed by atoms with E-state index in [1.165, 1.54) is 0 Å². The molecule has 0 heterocycles. The molecule has 0 aromatic heterocycles. The maximum absolute atomic E-state index is 10.1.